The number of hydrogen-bond donors (Lipinski definition) is 0. The van der Waals surface area contributed by atoms with Crippen LogP contribution in [0.3, 0.4) is 0 Å². The van der Waals surface area contributed by atoms with Crippen LogP contribution in [0.4, 0.5) is 11.4 Å². The summed E-state index contributed by atoms with van der Waals surface area (Å²) in [4.78, 5) is 29.9. The number of benzene rings is 2. The summed E-state index contributed by atoms with van der Waals surface area (Å²) in [6, 6.07) is 12.8. The summed E-state index contributed by atoms with van der Waals surface area (Å²) >= 11 is 1.27. The van der Waals surface area contributed by atoms with Gasteiger partial charge in [-0.2, -0.15) is 0 Å². The van der Waals surface area contributed by atoms with Gasteiger partial charge in [0.05, 0.1) is 15.5 Å². The topological polar surface area (TPSA) is 75.8 Å². The summed E-state index contributed by atoms with van der Waals surface area (Å²) in [5, 5.41) is 11.7. The lowest BCUT2D eigenvalue weighted by Gasteiger charge is -2.08. The van der Waals surface area contributed by atoms with Crippen LogP contribution in [-0.4, -0.2) is 27.9 Å². The van der Waals surface area contributed by atoms with Gasteiger partial charge in [-0.15, -0.1) is 0 Å². The number of aryl methyl sites for hydroxylation is 2. The van der Waals surface area contributed by atoms with Crippen molar-refractivity contribution in [3.63, 3.8) is 0 Å². The number of hydrogen-bond acceptors (Lipinski definition) is 5. The van der Waals surface area contributed by atoms with Gasteiger partial charge in [0.15, 0.2) is 5.17 Å². The fourth-order valence-electron chi connectivity index (χ4n) is 2.74. The molecule has 1 saturated heterocycles. The van der Waals surface area contributed by atoms with Crippen LogP contribution in [0.2, 0.25) is 0 Å². The maximum absolute atomic E-state index is 12.6. The molecule has 1 heterocycles. The largest absolute Gasteiger partial charge is 0.290 e. The molecule has 1 aliphatic rings. The Morgan fingerprint density at radius 3 is 2.70 bits per heavy atom. The van der Waals surface area contributed by atoms with Gasteiger partial charge in [-0.1, -0.05) is 37.3 Å². The average Bonchev–Trinajstić information content (AvgIpc) is 2.91. The molecule has 2 aromatic carbocycles. The highest BCUT2D eigenvalue weighted by Gasteiger charge is 2.30. The number of nitro groups is 1. The van der Waals surface area contributed by atoms with Crippen molar-refractivity contribution in [2.75, 3.05) is 7.05 Å². The summed E-state index contributed by atoms with van der Waals surface area (Å²) in [6.45, 7) is 3.75. The molecule has 0 bridgehead atoms. The number of nitrogens with zero attached hydrogens (tertiary/aromatic N) is 3. The van der Waals surface area contributed by atoms with Crippen LogP contribution >= 0.6 is 11.8 Å². The van der Waals surface area contributed by atoms with Crippen molar-refractivity contribution in [1.82, 2.24) is 4.90 Å². The van der Waals surface area contributed by atoms with Gasteiger partial charge in [0.25, 0.3) is 11.6 Å². The maximum Gasteiger partial charge on any atom is 0.272 e. The first-order valence-electron chi connectivity index (χ1n) is 8.50. The van der Waals surface area contributed by atoms with E-state index < -0.39 is 4.92 Å². The molecule has 1 fully saturated rings. The van der Waals surface area contributed by atoms with Crippen molar-refractivity contribution >= 4 is 40.3 Å². The molecular weight excluding hydrogens is 362 g/mol. The van der Waals surface area contributed by atoms with Crippen molar-refractivity contribution in [1.29, 1.82) is 0 Å². The van der Waals surface area contributed by atoms with Crippen molar-refractivity contribution in [3.8, 4) is 0 Å². The monoisotopic (exact) mass is 381 g/mol. The third kappa shape index (κ3) is 3.93. The van der Waals surface area contributed by atoms with Gasteiger partial charge >= 0.3 is 0 Å². The SMILES string of the molecule is CCc1ccccc1N=C1S/C(=C/c2ccc(C)c([N+](=O)[O-])c2)C(=O)N1C. The molecule has 1 amide bonds. The minimum Gasteiger partial charge on any atom is -0.290 e. The number of amidine groups is 1. The quantitative estimate of drug-likeness (QED) is 0.437. The van der Waals surface area contributed by atoms with Crippen molar-refractivity contribution in [2.24, 2.45) is 4.99 Å². The summed E-state index contributed by atoms with van der Waals surface area (Å²) < 4.78 is 0. The van der Waals surface area contributed by atoms with Gasteiger partial charge in [-0.25, -0.2) is 4.99 Å². The Balaban J connectivity index is 1.94. The molecule has 3 rings (SSSR count). The number of likely N-dealkylation sites (N-methyl/N-ethyl adjacent to an activating group) is 1. The Labute approximate surface area is 161 Å². The van der Waals surface area contributed by atoms with E-state index in [1.165, 1.54) is 22.7 Å². The minimum absolute atomic E-state index is 0.0407. The highest BCUT2D eigenvalue weighted by Crippen LogP contribution is 2.34. The maximum atomic E-state index is 12.6. The normalized spacial score (nSPS) is 17.1. The number of para-hydroxylation sites is 1. The van der Waals surface area contributed by atoms with E-state index in [0.29, 0.717) is 21.2 Å². The number of carbonyl (C=O) groups is 1. The van der Waals surface area contributed by atoms with E-state index >= 15 is 0 Å². The number of aliphatic imine (C=N–C) groups is 1. The summed E-state index contributed by atoms with van der Waals surface area (Å²) in [6.07, 6.45) is 2.52. The Hall–Kier alpha value is -2.93. The fourth-order valence-corrected chi connectivity index (χ4v) is 3.72. The molecule has 6 nitrogen and oxygen atoms in total. The van der Waals surface area contributed by atoms with E-state index in [0.717, 1.165) is 17.7 Å². The lowest BCUT2D eigenvalue weighted by molar-refractivity contribution is -0.385. The van der Waals surface area contributed by atoms with E-state index in [1.807, 2.05) is 24.3 Å². The molecule has 2 aromatic rings. The first-order valence-corrected chi connectivity index (χ1v) is 9.31. The third-order valence-corrected chi connectivity index (χ3v) is 5.38. The zero-order valence-electron chi connectivity index (χ0n) is 15.3. The molecule has 27 heavy (non-hydrogen) atoms. The van der Waals surface area contributed by atoms with Gasteiger partial charge < -0.3 is 0 Å². The second-order valence-electron chi connectivity index (χ2n) is 6.15. The Morgan fingerprint density at radius 2 is 2.00 bits per heavy atom. The second kappa shape index (κ2) is 7.75. The molecular formula is C20H19N3O3S. The number of nitro benzene ring substituents is 1. The molecule has 0 N–H and O–H groups in total. The zero-order valence-corrected chi connectivity index (χ0v) is 16.1. The first kappa shape index (κ1) is 18.8. The second-order valence-corrected chi connectivity index (χ2v) is 7.16. The highest BCUT2D eigenvalue weighted by atomic mass is 32.2. The Morgan fingerprint density at radius 1 is 1.26 bits per heavy atom. The lowest BCUT2D eigenvalue weighted by atomic mass is 10.1. The van der Waals surface area contributed by atoms with E-state index in [1.54, 1.807) is 32.2 Å². The molecule has 0 aromatic heterocycles. The molecule has 0 radical (unpaired) electrons. The van der Waals surface area contributed by atoms with E-state index in [2.05, 4.69) is 11.9 Å². The van der Waals surface area contributed by atoms with Crippen LogP contribution in [0.25, 0.3) is 6.08 Å². The molecule has 7 heteroatoms. The minimum atomic E-state index is -0.415. The van der Waals surface area contributed by atoms with Gasteiger partial charge in [0.1, 0.15) is 0 Å². The molecule has 0 saturated carbocycles. The van der Waals surface area contributed by atoms with Gasteiger partial charge in [0.2, 0.25) is 0 Å². The zero-order chi connectivity index (χ0) is 19.6. The average molecular weight is 381 g/mol. The van der Waals surface area contributed by atoms with Crippen molar-refractivity contribution < 1.29 is 9.72 Å². The van der Waals surface area contributed by atoms with E-state index in [4.69, 9.17) is 0 Å². The van der Waals surface area contributed by atoms with Crippen LogP contribution in [0.5, 0.6) is 0 Å². The van der Waals surface area contributed by atoms with Crippen LogP contribution in [0, 0.1) is 17.0 Å². The van der Waals surface area contributed by atoms with Crippen molar-refractivity contribution in [2.45, 2.75) is 20.3 Å². The lowest BCUT2D eigenvalue weighted by Crippen LogP contribution is -2.23. The Bertz CT molecular complexity index is 982. The predicted octanol–water partition coefficient (Wildman–Crippen LogP) is 4.70. The molecule has 1 aliphatic heterocycles. The number of thioether (sulfide) groups is 1. The predicted molar refractivity (Wildman–Crippen MR) is 109 cm³/mol. The highest BCUT2D eigenvalue weighted by molar-refractivity contribution is 8.18. The summed E-state index contributed by atoms with van der Waals surface area (Å²) in [7, 11) is 1.68. The number of carbonyl (C=O) groups excluding carboxylic acids is 1. The van der Waals surface area contributed by atoms with Crippen LogP contribution in [0.15, 0.2) is 52.4 Å². The van der Waals surface area contributed by atoms with Gasteiger partial charge in [-0.05, 0) is 48.4 Å². The van der Waals surface area contributed by atoms with Crippen molar-refractivity contribution in [3.05, 3.63) is 74.2 Å². The van der Waals surface area contributed by atoms with Crippen LogP contribution in [0.1, 0.15) is 23.6 Å². The molecule has 0 unspecified atom stereocenters. The van der Waals surface area contributed by atoms with E-state index in [-0.39, 0.29) is 11.6 Å². The van der Waals surface area contributed by atoms with Crippen LogP contribution < -0.4 is 0 Å². The first-order chi connectivity index (χ1) is 12.9. The molecule has 0 spiro atoms. The molecule has 0 aliphatic carbocycles. The summed E-state index contributed by atoms with van der Waals surface area (Å²) in [5.74, 6) is -0.170. The standard InChI is InChI=1S/C20H19N3O3S/c1-4-15-7-5-6-8-16(15)21-20-22(3)19(24)18(27-20)12-14-10-9-13(2)17(11-14)23(25)26/h5-12H,4H2,1-3H3/b18-12+,21-20?. The number of rotatable bonds is 4. The van der Waals surface area contributed by atoms with Crippen LogP contribution in [-0.2, 0) is 11.2 Å². The number of amides is 1. The smallest absolute Gasteiger partial charge is 0.272 e. The third-order valence-electron chi connectivity index (χ3n) is 4.32. The molecule has 0 atom stereocenters. The molecule has 138 valence electrons. The fraction of sp³-hybridized carbons (Fsp3) is 0.200. The van der Waals surface area contributed by atoms with Gasteiger partial charge in [0, 0.05) is 18.7 Å². The van der Waals surface area contributed by atoms with Gasteiger partial charge in [-0.3, -0.25) is 19.8 Å². The summed E-state index contributed by atoms with van der Waals surface area (Å²) in [5.41, 5.74) is 3.20. The van der Waals surface area contributed by atoms with E-state index in [9.17, 15) is 14.9 Å². The Kier molecular flexibility index (Phi) is 5.41.